The van der Waals surface area contributed by atoms with Crippen molar-refractivity contribution in [2.75, 3.05) is 18.5 Å². The van der Waals surface area contributed by atoms with Crippen LogP contribution in [0.4, 0.5) is 5.69 Å². The highest BCUT2D eigenvalue weighted by Gasteiger charge is 2.22. The van der Waals surface area contributed by atoms with E-state index in [0.29, 0.717) is 10.9 Å². The molecule has 0 amide bonds. The van der Waals surface area contributed by atoms with Crippen LogP contribution in [-0.4, -0.2) is 46.4 Å². The van der Waals surface area contributed by atoms with E-state index in [9.17, 15) is 14.7 Å². The molecule has 1 atom stereocenters. The number of nitrogens with one attached hydrogen (secondary N) is 1. The maximum Gasteiger partial charge on any atom is 0.341 e. The van der Waals surface area contributed by atoms with E-state index in [2.05, 4.69) is 10.3 Å². The van der Waals surface area contributed by atoms with Crippen molar-refractivity contribution in [3.63, 3.8) is 0 Å². The SMILES string of the molecule is CCOC(=O)c1cnc2ccccc2c1N[C@@H](CO)C(=O)O. The number of carbonyl (C=O) groups is 2. The smallest absolute Gasteiger partial charge is 0.341 e. The van der Waals surface area contributed by atoms with E-state index in [1.54, 1.807) is 31.2 Å². The van der Waals surface area contributed by atoms with Gasteiger partial charge in [0, 0.05) is 11.6 Å². The Hall–Kier alpha value is -2.67. The van der Waals surface area contributed by atoms with Crippen LogP contribution >= 0.6 is 0 Å². The van der Waals surface area contributed by atoms with Gasteiger partial charge in [-0.05, 0) is 13.0 Å². The summed E-state index contributed by atoms with van der Waals surface area (Å²) >= 11 is 0. The highest BCUT2D eigenvalue weighted by atomic mass is 16.5. The molecule has 2 rings (SSSR count). The highest BCUT2D eigenvalue weighted by Crippen LogP contribution is 2.27. The number of ether oxygens (including phenoxy) is 1. The van der Waals surface area contributed by atoms with Crippen molar-refractivity contribution in [1.82, 2.24) is 4.98 Å². The van der Waals surface area contributed by atoms with Crippen LogP contribution < -0.4 is 5.32 Å². The lowest BCUT2D eigenvalue weighted by atomic mass is 10.1. The van der Waals surface area contributed by atoms with Crippen LogP contribution in [0.1, 0.15) is 17.3 Å². The molecule has 0 bridgehead atoms. The highest BCUT2D eigenvalue weighted by molar-refractivity contribution is 6.05. The van der Waals surface area contributed by atoms with E-state index < -0.39 is 24.6 Å². The molecule has 7 nitrogen and oxygen atoms in total. The summed E-state index contributed by atoms with van der Waals surface area (Å²) in [4.78, 5) is 27.3. The predicted molar refractivity (Wildman–Crippen MR) is 79.8 cm³/mol. The lowest BCUT2D eigenvalue weighted by molar-refractivity contribution is -0.138. The number of para-hydroxylation sites is 1. The Morgan fingerprint density at radius 3 is 2.73 bits per heavy atom. The number of rotatable bonds is 6. The molecule has 1 heterocycles. The van der Waals surface area contributed by atoms with E-state index in [1.807, 2.05) is 0 Å². The second-order valence-electron chi connectivity index (χ2n) is 4.50. The Balaban J connectivity index is 2.57. The molecular weight excluding hydrogens is 288 g/mol. The second-order valence-corrected chi connectivity index (χ2v) is 4.50. The van der Waals surface area contributed by atoms with Crippen LogP contribution in [0.2, 0.25) is 0 Å². The van der Waals surface area contributed by atoms with Crippen LogP contribution in [0.15, 0.2) is 30.5 Å². The van der Waals surface area contributed by atoms with Gasteiger partial charge in [-0.1, -0.05) is 18.2 Å². The summed E-state index contributed by atoms with van der Waals surface area (Å²) in [5, 5.41) is 21.5. The van der Waals surface area contributed by atoms with Gasteiger partial charge in [0.05, 0.1) is 24.4 Å². The topological polar surface area (TPSA) is 109 Å². The number of carboxylic acid groups (broad SMARTS) is 1. The normalized spacial score (nSPS) is 11.9. The van der Waals surface area contributed by atoms with E-state index in [0.717, 1.165) is 0 Å². The van der Waals surface area contributed by atoms with Crippen LogP contribution in [0.5, 0.6) is 0 Å². The van der Waals surface area contributed by atoms with Gasteiger partial charge in [0.2, 0.25) is 0 Å². The molecule has 0 aliphatic carbocycles. The summed E-state index contributed by atoms with van der Waals surface area (Å²) in [5.41, 5.74) is 1.01. The number of carbonyl (C=O) groups excluding carboxylic acids is 1. The maximum atomic E-state index is 12.0. The fraction of sp³-hybridized carbons (Fsp3) is 0.267. The van der Waals surface area contributed by atoms with Crippen molar-refractivity contribution >= 4 is 28.5 Å². The minimum Gasteiger partial charge on any atom is -0.480 e. The summed E-state index contributed by atoms with van der Waals surface area (Å²) in [6.45, 7) is 1.25. The standard InChI is InChI=1S/C15H16N2O5/c1-2-22-15(21)10-7-16-11-6-4-3-5-9(11)13(10)17-12(8-18)14(19)20/h3-7,12,18H,2,8H2,1H3,(H,16,17)(H,19,20)/t12-/m0/s1. The molecule has 0 saturated carbocycles. The fourth-order valence-electron chi connectivity index (χ4n) is 2.02. The van der Waals surface area contributed by atoms with Crippen molar-refractivity contribution in [1.29, 1.82) is 0 Å². The van der Waals surface area contributed by atoms with Crippen molar-refractivity contribution in [2.24, 2.45) is 0 Å². The van der Waals surface area contributed by atoms with Gasteiger partial charge >= 0.3 is 11.9 Å². The number of hydrogen-bond acceptors (Lipinski definition) is 6. The summed E-state index contributed by atoms with van der Waals surface area (Å²) in [5.74, 6) is -1.83. The Labute approximate surface area is 126 Å². The van der Waals surface area contributed by atoms with Crippen LogP contribution in [0.3, 0.4) is 0 Å². The van der Waals surface area contributed by atoms with Crippen molar-refractivity contribution in [3.05, 3.63) is 36.0 Å². The Kier molecular flexibility index (Phi) is 4.90. The number of aliphatic hydroxyl groups excluding tert-OH is 1. The molecule has 7 heteroatoms. The van der Waals surface area contributed by atoms with Gasteiger partial charge in [-0.3, -0.25) is 4.98 Å². The first-order valence-corrected chi connectivity index (χ1v) is 6.73. The Morgan fingerprint density at radius 2 is 2.09 bits per heavy atom. The first-order chi connectivity index (χ1) is 10.6. The minimum absolute atomic E-state index is 0.125. The van der Waals surface area contributed by atoms with Gasteiger partial charge < -0.3 is 20.3 Å². The summed E-state index contributed by atoms with van der Waals surface area (Å²) < 4.78 is 4.96. The van der Waals surface area contributed by atoms with Crippen molar-refractivity contribution in [2.45, 2.75) is 13.0 Å². The number of hydrogen-bond donors (Lipinski definition) is 3. The van der Waals surface area contributed by atoms with Gasteiger partial charge in [-0.25, -0.2) is 9.59 Å². The third kappa shape index (κ3) is 3.15. The average molecular weight is 304 g/mol. The van der Waals surface area contributed by atoms with Crippen LogP contribution in [-0.2, 0) is 9.53 Å². The zero-order valence-electron chi connectivity index (χ0n) is 11.9. The quantitative estimate of drug-likeness (QED) is 0.689. The molecular formula is C15H16N2O5. The van der Waals surface area contributed by atoms with E-state index in [1.165, 1.54) is 6.20 Å². The van der Waals surface area contributed by atoms with Crippen molar-refractivity contribution < 1.29 is 24.5 Å². The molecule has 22 heavy (non-hydrogen) atoms. The average Bonchev–Trinajstić information content (AvgIpc) is 2.52. The fourth-order valence-corrected chi connectivity index (χ4v) is 2.02. The van der Waals surface area contributed by atoms with Gasteiger partial charge in [-0.15, -0.1) is 0 Å². The number of esters is 1. The third-order valence-electron chi connectivity index (χ3n) is 3.07. The van der Waals surface area contributed by atoms with Gasteiger partial charge in [-0.2, -0.15) is 0 Å². The molecule has 116 valence electrons. The molecule has 1 aromatic carbocycles. The zero-order valence-corrected chi connectivity index (χ0v) is 11.9. The summed E-state index contributed by atoms with van der Waals surface area (Å²) in [7, 11) is 0. The number of aliphatic carboxylic acids is 1. The van der Waals surface area contributed by atoms with Gasteiger partial charge in [0.25, 0.3) is 0 Å². The number of aliphatic hydroxyl groups is 1. The number of anilines is 1. The molecule has 0 unspecified atom stereocenters. The second kappa shape index (κ2) is 6.86. The van der Waals surface area contributed by atoms with Gasteiger partial charge in [0.1, 0.15) is 11.6 Å². The summed E-state index contributed by atoms with van der Waals surface area (Å²) in [6.07, 6.45) is 1.33. The molecule has 0 fully saturated rings. The molecule has 2 aromatic rings. The monoisotopic (exact) mass is 304 g/mol. The van der Waals surface area contributed by atoms with Crippen LogP contribution in [0.25, 0.3) is 10.9 Å². The Morgan fingerprint density at radius 1 is 1.36 bits per heavy atom. The zero-order chi connectivity index (χ0) is 16.1. The number of pyridine rings is 1. The maximum absolute atomic E-state index is 12.0. The molecule has 0 saturated heterocycles. The van der Waals surface area contributed by atoms with E-state index in [4.69, 9.17) is 9.84 Å². The number of benzene rings is 1. The number of aromatic nitrogens is 1. The van der Waals surface area contributed by atoms with Crippen LogP contribution in [0, 0.1) is 0 Å². The molecule has 3 N–H and O–H groups in total. The number of fused-ring (bicyclic) bond motifs is 1. The van der Waals surface area contributed by atoms with Gasteiger partial charge in [0.15, 0.2) is 0 Å². The predicted octanol–water partition coefficient (Wildman–Crippen LogP) is 1.27. The largest absolute Gasteiger partial charge is 0.480 e. The number of nitrogens with zero attached hydrogens (tertiary/aromatic N) is 1. The first-order valence-electron chi connectivity index (χ1n) is 6.73. The van der Waals surface area contributed by atoms with Crippen molar-refractivity contribution in [3.8, 4) is 0 Å². The Bertz CT molecular complexity index is 701. The molecule has 0 aliphatic heterocycles. The third-order valence-corrected chi connectivity index (χ3v) is 3.07. The molecule has 0 spiro atoms. The molecule has 0 aliphatic rings. The minimum atomic E-state index is -1.24. The van der Waals surface area contributed by atoms with E-state index in [-0.39, 0.29) is 17.9 Å². The number of carboxylic acids is 1. The lowest BCUT2D eigenvalue weighted by Gasteiger charge is -2.17. The summed E-state index contributed by atoms with van der Waals surface area (Å²) in [6, 6.07) is 5.75. The molecule has 1 aromatic heterocycles. The lowest BCUT2D eigenvalue weighted by Crippen LogP contribution is -2.33. The first kappa shape index (κ1) is 15.7. The van der Waals surface area contributed by atoms with E-state index >= 15 is 0 Å². The molecule has 0 radical (unpaired) electrons.